The third kappa shape index (κ3) is 2.91. The van der Waals surface area contributed by atoms with Crippen molar-refractivity contribution in [2.24, 2.45) is 0 Å². The number of benzene rings is 1. The zero-order valence-electron chi connectivity index (χ0n) is 11.9. The van der Waals surface area contributed by atoms with Gasteiger partial charge in [0, 0.05) is 31.2 Å². The maximum atomic E-state index is 13.5. The molecule has 21 heavy (non-hydrogen) atoms. The first-order valence-electron chi connectivity index (χ1n) is 7.41. The van der Waals surface area contributed by atoms with Gasteiger partial charge in [-0.05, 0) is 44.0 Å². The molecule has 0 aliphatic carbocycles. The summed E-state index contributed by atoms with van der Waals surface area (Å²) in [6.07, 6.45) is 3.25. The van der Waals surface area contributed by atoms with Crippen LogP contribution in [0.15, 0.2) is 18.2 Å². The van der Waals surface area contributed by atoms with Crippen LogP contribution in [0.4, 0.5) is 4.39 Å². The van der Waals surface area contributed by atoms with Gasteiger partial charge in [0.2, 0.25) is 0 Å². The molecule has 1 unspecified atom stereocenters. The maximum absolute atomic E-state index is 13.5. The van der Waals surface area contributed by atoms with E-state index < -0.39 is 5.82 Å². The number of fused-ring (bicyclic) bond motifs is 1. The standard InChI is InChI=1S/C16H18FN3O/c17-14-8-12(10-18)7-13(9-14)16(21)20-6-2-5-19-4-1-3-15(19)11-20/h7-9,15H,1-6,11H2. The van der Waals surface area contributed by atoms with Crippen molar-refractivity contribution in [3.8, 4) is 6.07 Å². The van der Waals surface area contributed by atoms with Gasteiger partial charge in [-0.3, -0.25) is 9.69 Å². The van der Waals surface area contributed by atoms with Gasteiger partial charge in [0.25, 0.3) is 5.91 Å². The summed E-state index contributed by atoms with van der Waals surface area (Å²) in [5.41, 5.74) is 0.466. The van der Waals surface area contributed by atoms with Gasteiger partial charge in [0.1, 0.15) is 5.82 Å². The van der Waals surface area contributed by atoms with Gasteiger partial charge in [-0.1, -0.05) is 0 Å². The zero-order valence-corrected chi connectivity index (χ0v) is 11.9. The lowest BCUT2D eigenvalue weighted by atomic mass is 10.1. The van der Waals surface area contributed by atoms with E-state index in [9.17, 15) is 9.18 Å². The predicted octanol–water partition coefficient (Wildman–Crippen LogP) is 2.01. The Hall–Kier alpha value is -1.93. The van der Waals surface area contributed by atoms with Crippen molar-refractivity contribution >= 4 is 5.91 Å². The average molecular weight is 287 g/mol. The average Bonchev–Trinajstić information content (AvgIpc) is 2.83. The molecule has 2 fully saturated rings. The highest BCUT2D eigenvalue weighted by Crippen LogP contribution is 2.22. The van der Waals surface area contributed by atoms with Crippen molar-refractivity contribution in [2.45, 2.75) is 25.3 Å². The van der Waals surface area contributed by atoms with Crippen molar-refractivity contribution in [3.63, 3.8) is 0 Å². The van der Waals surface area contributed by atoms with Gasteiger partial charge in [-0.25, -0.2) is 4.39 Å². The molecule has 3 rings (SSSR count). The first-order valence-corrected chi connectivity index (χ1v) is 7.41. The lowest BCUT2D eigenvalue weighted by Gasteiger charge is -2.25. The van der Waals surface area contributed by atoms with E-state index in [-0.39, 0.29) is 17.0 Å². The van der Waals surface area contributed by atoms with E-state index in [2.05, 4.69) is 4.90 Å². The molecule has 2 aliphatic heterocycles. The van der Waals surface area contributed by atoms with Gasteiger partial charge >= 0.3 is 0 Å². The molecule has 0 radical (unpaired) electrons. The number of amides is 1. The SMILES string of the molecule is N#Cc1cc(F)cc(C(=O)N2CCCN3CCCC3C2)c1. The van der Waals surface area contributed by atoms with E-state index in [0.717, 1.165) is 32.0 Å². The molecule has 1 amide bonds. The summed E-state index contributed by atoms with van der Waals surface area (Å²) in [4.78, 5) is 16.8. The number of nitriles is 1. The summed E-state index contributed by atoms with van der Waals surface area (Å²) in [7, 11) is 0. The highest BCUT2D eigenvalue weighted by molar-refractivity contribution is 5.94. The lowest BCUT2D eigenvalue weighted by Crippen LogP contribution is -2.39. The van der Waals surface area contributed by atoms with E-state index in [1.807, 2.05) is 11.0 Å². The number of hydrogen-bond donors (Lipinski definition) is 0. The Labute approximate surface area is 123 Å². The molecular formula is C16H18FN3O. The van der Waals surface area contributed by atoms with E-state index >= 15 is 0 Å². The summed E-state index contributed by atoms with van der Waals surface area (Å²) < 4.78 is 13.5. The molecule has 2 aliphatic rings. The first-order chi connectivity index (χ1) is 10.2. The van der Waals surface area contributed by atoms with Crippen molar-refractivity contribution in [1.29, 1.82) is 5.26 Å². The monoisotopic (exact) mass is 287 g/mol. The van der Waals surface area contributed by atoms with Crippen LogP contribution in [0.3, 0.4) is 0 Å². The molecule has 110 valence electrons. The Morgan fingerprint density at radius 2 is 2.05 bits per heavy atom. The number of nitrogens with zero attached hydrogens (tertiary/aromatic N) is 3. The van der Waals surface area contributed by atoms with Crippen molar-refractivity contribution in [3.05, 3.63) is 35.1 Å². The van der Waals surface area contributed by atoms with E-state index in [0.29, 0.717) is 19.1 Å². The van der Waals surface area contributed by atoms with Crippen LogP contribution in [0.5, 0.6) is 0 Å². The summed E-state index contributed by atoms with van der Waals surface area (Å²) >= 11 is 0. The van der Waals surface area contributed by atoms with Crippen LogP contribution in [0, 0.1) is 17.1 Å². The molecule has 0 N–H and O–H groups in total. The molecular weight excluding hydrogens is 269 g/mol. The number of halogens is 1. The van der Waals surface area contributed by atoms with Crippen LogP contribution in [0.1, 0.15) is 35.2 Å². The molecule has 0 bridgehead atoms. The second-order valence-corrected chi connectivity index (χ2v) is 5.78. The van der Waals surface area contributed by atoms with Crippen LogP contribution < -0.4 is 0 Å². The summed E-state index contributed by atoms with van der Waals surface area (Å²) in [5.74, 6) is -0.700. The Morgan fingerprint density at radius 3 is 2.86 bits per heavy atom. The Balaban J connectivity index is 1.81. The van der Waals surface area contributed by atoms with Gasteiger partial charge in [0.05, 0.1) is 11.6 Å². The molecule has 1 aromatic rings. The Morgan fingerprint density at radius 1 is 1.24 bits per heavy atom. The second kappa shape index (κ2) is 5.82. The highest BCUT2D eigenvalue weighted by Gasteiger charge is 2.30. The van der Waals surface area contributed by atoms with Crippen LogP contribution in [-0.2, 0) is 0 Å². The molecule has 0 spiro atoms. The van der Waals surface area contributed by atoms with Crippen molar-refractivity contribution in [2.75, 3.05) is 26.2 Å². The third-order valence-electron chi connectivity index (χ3n) is 4.36. The Bertz CT molecular complexity index is 596. The zero-order chi connectivity index (χ0) is 14.8. The number of carbonyl (C=O) groups is 1. The normalized spacial score (nSPS) is 22.5. The number of hydrogen-bond acceptors (Lipinski definition) is 3. The molecule has 0 saturated carbocycles. The molecule has 1 atom stereocenters. The summed E-state index contributed by atoms with van der Waals surface area (Å²) in [5, 5.41) is 8.90. The van der Waals surface area contributed by atoms with Gasteiger partial charge in [-0.15, -0.1) is 0 Å². The second-order valence-electron chi connectivity index (χ2n) is 5.78. The predicted molar refractivity (Wildman–Crippen MR) is 76.2 cm³/mol. The molecule has 2 heterocycles. The van der Waals surface area contributed by atoms with Crippen molar-refractivity contribution < 1.29 is 9.18 Å². The number of carbonyl (C=O) groups excluding carboxylic acids is 1. The van der Waals surface area contributed by atoms with Gasteiger partial charge in [-0.2, -0.15) is 5.26 Å². The van der Waals surface area contributed by atoms with Crippen LogP contribution in [0.25, 0.3) is 0 Å². The molecule has 2 saturated heterocycles. The van der Waals surface area contributed by atoms with Gasteiger partial charge in [0.15, 0.2) is 0 Å². The fraction of sp³-hybridized carbons (Fsp3) is 0.500. The first kappa shape index (κ1) is 14.0. The van der Waals surface area contributed by atoms with Gasteiger partial charge < -0.3 is 4.90 Å². The maximum Gasteiger partial charge on any atom is 0.254 e. The van der Waals surface area contributed by atoms with Crippen LogP contribution >= 0.6 is 0 Å². The fourth-order valence-electron chi connectivity index (χ4n) is 3.35. The molecule has 5 heteroatoms. The van der Waals surface area contributed by atoms with E-state index in [1.54, 1.807) is 0 Å². The lowest BCUT2D eigenvalue weighted by molar-refractivity contribution is 0.0743. The quantitative estimate of drug-likeness (QED) is 0.794. The van der Waals surface area contributed by atoms with Crippen molar-refractivity contribution in [1.82, 2.24) is 9.80 Å². The minimum atomic E-state index is -0.533. The minimum Gasteiger partial charge on any atom is -0.337 e. The Kier molecular flexibility index (Phi) is 3.89. The smallest absolute Gasteiger partial charge is 0.254 e. The van der Waals surface area contributed by atoms with E-state index in [1.165, 1.54) is 18.6 Å². The van der Waals surface area contributed by atoms with Crippen LogP contribution in [0.2, 0.25) is 0 Å². The van der Waals surface area contributed by atoms with Crippen LogP contribution in [-0.4, -0.2) is 47.9 Å². The third-order valence-corrected chi connectivity index (χ3v) is 4.36. The molecule has 4 nitrogen and oxygen atoms in total. The topological polar surface area (TPSA) is 47.3 Å². The fourth-order valence-corrected chi connectivity index (χ4v) is 3.35. The molecule has 1 aromatic carbocycles. The minimum absolute atomic E-state index is 0.167. The summed E-state index contributed by atoms with van der Waals surface area (Å²) in [6, 6.07) is 6.18. The largest absolute Gasteiger partial charge is 0.337 e. The highest BCUT2D eigenvalue weighted by atomic mass is 19.1. The molecule has 0 aromatic heterocycles. The van der Waals surface area contributed by atoms with E-state index in [4.69, 9.17) is 5.26 Å². The summed E-state index contributed by atoms with van der Waals surface area (Å²) in [6.45, 7) is 3.55. The number of rotatable bonds is 1.